The van der Waals surface area contributed by atoms with Gasteiger partial charge in [0.15, 0.2) is 0 Å². The van der Waals surface area contributed by atoms with Gasteiger partial charge in [-0.1, -0.05) is 30.3 Å². The monoisotopic (exact) mass is 293 g/mol. The Kier molecular flexibility index (Phi) is 3.92. The number of nitrogens with zero attached hydrogens (tertiary/aromatic N) is 2. The number of amides is 1. The largest absolute Gasteiger partial charge is 0.349 e. The molecule has 0 aliphatic rings. The summed E-state index contributed by atoms with van der Waals surface area (Å²) in [4.78, 5) is 22.1. The number of hydrogen-bond acceptors (Lipinski definition) is 2. The van der Waals surface area contributed by atoms with E-state index in [1.165, 1.54) is 0 Å². The number of benzene rings is 1. The average molecular weight is 293 g/mol. The lowest BCUT2D eigenvalue weighted by Crippen LogP contribution is -2.36. The van der Waals surface area contributed by atoms with Crippen molar-refractivity contribution < 1.29 is 4.79 Å². The van der Waals surface area contributed by atoms with E-state index in [2.05, 4.69) is 9.97 Å². The molecular weight excluding hydrogens is 274 g/mol. The maximum Gasteiger partial charge on any atom is 0.270 e. The fraction of sp³-hybridized carbons (Fsp3) is 0.222. The number of fused-ring (bicyclic) bond motifs is 1. The molecule has 0 aliphatic heterocycles. The van der Waals surface area contributed by atoms with Gasteiger partial charge in [-0.25, -0.2) is 0 Å². The summed E-state index contributed by atoms with van der Waals surface area (Å²) < 4.78 is 0. The Hall–Kier alpha value is -2.62. The highest BCUT2D eigenvalue weighted by Crippen LogP contribution is 2.17. The van der Waals surface area contributed by atoms with E-state index in [0.29, 0.717) is 12.2 Å². The summed E-state index contributed by atoms with van der Waals surface area (Å²) >= 11 is 0. The van der Waals surface area contributed by atoms with Crippen LogP contribution in [0.5, 0.6) is 0 Å². The van der Waals surface area contributed by atoms with Crippen LogP contribution in [0.15, 0.2) is 54.7 Å². The van der Waals surface area contributed by atoms with Gasteiger partial charge in [-0.05, 0) is 37.6 Å². The molecule has 0 saturated heterocycles. The van der Waals surface area contributed by atoms with Crippen LogP contribution in [0.3, 0.4) is 0 Å². The molecule has 3 aromatic rings. The highest BCUT2D eigenvalue weighted by Gasteiger charge is 2.20. The van der Waals surface area contributed by atoms with Crippen molar-refractivity contribution in [3.8, 4) is 0 Å². The molecule has 2 aromatic heterocycles. The highest BCUT2D eigenvalue weighted by molar-refractivity contribution is 5.97. The van der Waals surface area contributed by atoms with Gasteiger partial charge < -0.3 is 9.88 Å². The van der Waals surface area contributed by atoms with E-state index in [1.807, 2.05) is 67.3 Å². The first kappa shape index (κ1) is 14.3. The Bertz CT molecular complexity index is 744. The second-order valence-electron chi connectivity index (χ2n) is 5.63. The standard InChI is InChI=1S/C18H19N3O/c1-13(2)21(12-14-7-4-3-5-8-14)18(22)17-11-16-15(20-17)9-6-10-19-16/h3-11,13,20H,12H2,1-2H3. The number of nitrogens with one attached hydrogen (secondary N) is 1. The van der Waals surface area contributed by atoms with Gasteiger partial charge in [-0.3, -0.25) is 9.78 Å². The summed E-state index contributed by atoms with van der Waals surface area (Å²) in [5.41, 5.74) is 3.40. The number of pyridine rings is 1. The lowest BCUT2D eigenvalue weighted by molar-refractivity contribution is 0.0685. The number of H-pyrrole nitrogens is 1. The van der Waals surface area contributed by atoms with Gasteiger partial charge in [-0.15, -0.1) is 0 Å². The molecule has 1 aromatic carbocycles. The van der Waals surface area contributed by atoms with Crippen molar-refractivity contribution in [3.05, 3.63) is 66.0 Å². The minimum atomic E-state index is -0.00291. The Balaban J connectivity index is 1.89. The lowest BCUT2D eigenvalue weighted by Gasteiger charge is -2.26. The van der Waals surface area contributed by atoms with Gasteiger partial charge in [-0.2, -0.15) is 0 Å². The van der Waals surface area contributed by atoms with Crippen molar-refractivity contribution >= 4 is 16.9 Å². The average Bonchev–Trinajstić information content (AvgIpc) is 2.97. The van der Waals surface area contributed by atoms with E-state index in [-0.39, 0.29) is 11.9 Å². The molecule has 1 amide bonds. The quantitative estimate of drug-likeness (QED) is 0.798. The number of carbonyl (C=O) groups is 1. The summed E-state index contributed by atoms with van der Waals surface area (Å²) in [5.74, 6) is -0.00291. The minimum Gasteiger partial charge on any atom is -0.349 e. The Morgan fingerprint density at radius 3 is 2.64 bits per heavy atom. The van der Waals surface area contributed by atoms with Crippen molar-refractivity contribution in [1.82, 2.24) is 14.9 Å². The third kappa shape index (κ3) is 2.86. The van der Waals surface area contributed by atoms with Gasteiger partial charge in [0.05, 0.1) is 11.0 Å². The van der Waals surface area contributed by atoms with Crippen molar-refractivity contribution in [3.63, 3.8) is 0 Å². The minimum absolute atomic E-state index is 0.00291. The summed E-state index contributed by atoms with van der Waals surface area (Å²) in [6.07, 6.45) is 1.73. The van der Waals surface area contributed by atoms with E-state index in [4.69, 9.17) is 0 Å². The lowest BCUT2D eigenvalue weighted by atomic mass is 10.1. The molecule has 0 saturated carbocycles. The zero-order chi connectivity index (χ0) is 15.5. The van der Waals surface area contributed by atoms with Gasteiger partial charge in [0.1, 0.15) is 5.69 Å². The normalized spacial score (nSPS) is 11.0. The van der Waals surface area contributed by atoms with Gasteiger partial charge in [0.25, 0.3) is 5.91 Å². The second kappa shape index (κ2) is 6.02. The molecule has 3 rings (SSSR count). The number of aromatic amines is 1. The second-order valence-corrected chi connectivity index (χ2v) is 5.63. The first-order chi connectivity index (χ1) is 10.6. The van der Waals surface area contributed by atoms with Crippen LogP contribution in [0, 0.1) is 0 Å². The topological polar surface area (TPSA) is 49.0 Å². The van der Waals surface area contributed by atoms with E-state index in [0.717, 1.165) is 16.6 Å². The third-order valence-corrected chi connectivity index (χ3v) is 3.70. The Labute approximate surface area is 129 Å². The molecule has 1 N–H and O–H groups in total. The van der Waals surface area contributed by atoms with E-state index in [1.54, 1.807) is 6.20 Å². The summed E-state index contributed by atoms with van der Waals surface area (Å²) in [6, 6.07) is 15.8. The van der Waals surface area contributed by atoms with Crippen molar-refractivity contribution in [2.24, 2.45) is 0 Å². The molecule has 0 atom stereocenters. The van der Waals surface area contributed by atoms with E-state index in [9.17, 15) is 4.79 Å². The predicted molar refractivity (Wildman–Crippen MR) is 87.5 cm³/mol. The Morgan fingerprint density at radius 2 is 1.95 bits per heavy atom. The third-order valence-electron chi connectivity index (χ3n) is 3.70. The summed E-state index contributed by atoms with van der Waals surface area (Å²) in [5, 5.41) is 0. The highest BCUT2D eigenvalue weighted by atomic mass is 16.2. The smallest absolute Gasteiger partial charge is 0.270 e. The molecule has 112 valence electrons. The molecule has 0 radical (unpaired) electrons. The van der Waals surface area contributed by atoms with Crippen LogP contribution in [-0.4, -0.2) is 26.8 Å². The number of aromatic nitrogens is 2. The van der Waals surface area contributed by atoms with Crippen molar-refractivity contribution in [1.29, 1.82) is 0 Å². The van der Waals surface area contributed by atoms with Crippen molar-refractivity contribution in [2.75, 3.05) is 0 Å². The van der Waals surface area contributed by atoms with Crippen LogP contribution >= 0.6 is 0 Å². The SMILES string of the molecule is CC(C)N(Cc1ccccc1)C(=O)c1cc2ncccc2[nH]1. The molecule has 0 fully saturated rings. The van der Waals surface area contributed by atoms with Crippen LogP contribution < -0.4 is 0 Å². The zero-order valence-corrected chi connectivity index (χ0v) is 12.8. The predicted octanol–water partition coefficient (Wildman–Crippen LogP) is 3.61. The van der Waals surface area contributed by atoms with Crippen molar-refractivity contribution in [2.45, 2.75) is 26.4 Å². The van der Waals surface area contributed by atoms with Gasteiger partial charge >= 0.3 is 0 Å². The molecule has 22 heavy (non-hydrogen) atoms. The maximum absolute atomic E-state index is 12.8. The molecule has 0 spiro atoms. The van der Waals surface area contributed by atoms with Crippen LogP contribution in [0.1, 0.15) is 29.9 Å². The number of rotatable bonds is 4. The first-order valence-corrected chi connectivity index (χ1v) is 7.44. The van der Waals surface area contributed by atoms with E-state index >= 15 is 0 Å². The number of hydrogen-bond donors (Lipinski definition) is 1. The fourth-order valence-corrected chi connectivity index (χ4v) is 2.50. The zero-order valence-electron chi connectivity index (χ0n) is 12.8. The molecule has 4 heteroatoms. The molecular formula is C18H19N3O. The molecule has 0 bridgehead atoms. The molecule has 0 aliphatic carbocycles. The van der Waals surface area contributed by atoms with Crippen LogP contribution in [0.4, 0.5) is 0 Å². The fourth-order valence-electron chi connectivity index (χ4n) is 2.50. The molecule has 2 heterocycles. The van der Waals surface area contributed by atoms with Crippen LogP contribution in [-0.2, 0) is 6.54 Å². The van der Waals surface area contributed by atoms with Crippen LogP contribution in [0.2, 0.25) is 0 Å². The summed E-state index contributed by atoms with van der Waals surface area (Å²) in [7, 11) is 0. The molecule has 0 unspecified atom stereocenters. The van der Waals surface area contributed by atoms with Crippen LogP contribution in [0.25, 0.3) is 11.0 Å². The molecule has 4 nitrogen and oxygen atoms in total. The van der Waals surface area contributed by atoms with Gasteiger partial charge in [0.2, 0.25) is 0 Å². The summed E-state index contributed by atoms with van der Waals surface area (Å²) in [6.45, 7) is 4.66. The Morgan fingerprint density at radius 1 is 1.18 bits per heavy atom. The van der Waals surface area contributed by atoms with E-state index < -0.39 is 0 Å². The number of carbonyl (C=O) groups excluding carboxylic acids is 1. The maximum atomic E-state index is 12.8. The first-order valence-electron chi connectivity index (χ1n) is 7.44. The van der Waals surface area contributed by atoms with Gasteiger partial charge in [0, 0.05) is 18.8 Å².